The first kappa shape index (κ1) is 77.0. The Kier molecular flexibility index (Phi) is 29.2. The van der Waals surface area contributed by atoms with Gasteiger partial charge in [-0.15, -0.1) is 0 Å². The molecule has 24 heteroatoms. The maximum Gasteiger partial charge on any atom is 0.410 e. The van der Waals surface area contributed by atoms with Crippen LogP contribution < -0.4 is 56.8 Å². The molecule has 0 spiro atoms. The molecule has 1 heterocycles. The molecule has 6 aromatic rings. The minimum absolute atomic E-state index is 0.104. The van der Waals surface area contributed by atoms with Gasteiger partial charge in [0.2, 0.25) is 0 Å². The molecule has 3 amide bonds. The van der Waals surface area contributed by atoms with Crippen LogP contribution in [-0.4, -0.2) is 172 Å². The molecule has 0 aromatic heterocycles. The standard InChI is InChI=1S/C75H99N3O21/c1-73(2,3)97-70(79)76(46-52-28-58(82-10)40-59(29-52)83-11)49-55-34-64-43-65(35-55)92-23-17-89-19-25-94-67-37-57(51-78(72(81)99-75(7,8)9)48-54-32-62(86-14)42-63(33-54)87-15)39-69(45-67)96-27-21-90-20-26-95-68-38-56(36-66(44-68)93-24-18-88-16-22-91-64)50-77(71(80)98-74(4,5)6)47-53-30-60(84-12)41-61(31-53)85-13/h28-45H,16-27,46-51H2,1-15H3. The number of rotatable bonds is 18. The third kappa shape index (κ3) is 27.5. The van der Waals surface area contributed by atoms with Gasteiger partial charge < -0.3 is 85.3 Å². The van der Waals surface area contributed by atoms with Gasteiger partial charge in [-0.1, -0.05) is 0 Å². The molecule has 0 N–H and O–H groups in total. The van der Waals surface area contributed by atoms with Crippen LogP contribution in [0.3, 0.4) is 0 Å². The van der Waals surface area contributed by atoms with Crippen LogP contribution in [0.4, 0.5) is 14.4 Å². The number of amides is 3. The lowest BCUT2D eigenvalue weighted by Crippen LogP contribution is -2.36. The third-order valence-electron chi connectivity index (χ3n) is 14.2. The van der Waals surface area contributed by atoms with E-state index >= 15 is 0 Å². The number of nitrogens with zero attached hydrogens (tertiary/aromatic N) is 3. The van der Waals surface area contributed by atoms with E-state index in [-0.39, 0.29) is 119 Å². The van der Waals surface area contributed by atoms with Gasteiger partial charge in [-0.05, 0) is 168 Å². The second kappa shape index (κ2) is 37.5. The third-order valence-corrected chi connectivity index (χ3v) is 14.2. The summed E-state index contributed by atoms with van der Waals surface area (Å²) in [5.74, 6) is 6.17. The molecule has 99 heavy (non-hydrogen) atoms. The van der Waals surface area contributed by atoms with Crippen LogP contribution in [0.25, 0.3) is 0 Å². The fourth-order valence-corrected chi connectivity index (χ4v) is 10.0. The van der Waals surface area contributed by atoms with Gasteiger partial charge in [0.15, 0.2) is 0 Å². The summed E-state index contributed by atoms with van der Waals surface area (Å²) in [6.45, 7) is 19.1. The van der Waals surface area contributed by atoms with E-state index in [2.05, 4.69) is 0 Å². The highest BCUT2D eigenvalue weighted by Crippen LogP contribution is 2.33. The van der Waals surface area contributed by atoms with Crippen LogP contribution in [0.2, 0.25) is 0 Å². The molecule has 6 bridgehead atoms. The fraction of sp³-hybridized carbons (Fsp3) is 0.480. The van der Waals surface area contributed by atoms with Crippen molar-refractivity contribution in [3.05, 3.63) is 143 Å². The van der Waals surface area contributed by atoms with Gasteiger partial charge >= 0.3 is 18.3 Å². The van der Waals surface area contributed by atoms with E-state index in [1.807, 2.05) is 135 Å². The van der Waals surface area contributed by atoms with Gasteiger partial charge in [0.05, 0.1) is 82.3 Å². The Morgan fingerprint density at radius 2 is 0.444 bits per heavy atom. The smallest absolute Gasteiger partial charge is 0.410 e. The van der Waals surface area contributed by atoms with Crippen molar-refractivity contribution in [3.63, 3.8) is 0 Å². The highest BCUT2D eigenvalue weighted by molar-refractivity contribution is 5.70. The lowest BCUT2D eigenvalue weighted by molar-refractivity contribution is 0.0206. The Hall–Kier alpha value is -9.39. The highest BCUT2D eigenvalue weighted by Gasteiger charge is 2.28. The summed E-state index contributed by atoms with van der Waals surface area (Å²) >= 11 is 0. The first-order valence-electron chi connectivity index (χ1n) is 32.8. The minimum Gasteiger partial charge on any atom is -0.497 e. The summed E-state index contributed by atoms with van der Waals surface area (Å²) < 4.78 is 107. The number of ether oxygens (including phenoxy) is 18. The topological polar surface area (TPSA) is 227 Å². The Bertz CT molecular complexity index is 3030. The average Bonchev–Trinajstić information content (AvgIpc) is 0.851. The molecule has 6 aromatic carbocycles. The van der Waals surface area contributed by atoms with E-state index in [4.69, 9.17) is 85.3 Å². The lowest BCUT2D eigenvalue weighted by atomic mass is 10.1. The van der Waals surface area contributed by atoms with Crippen molar-refractivity contribution in [2.75, 3.05) is 122 Å². The van der Waals surface area contributed by atoms with Crippen molar-refractivity contribution in [3.8, 4) is 69.0 Å². The normalized spacial score (nSPS) is 13.8. The van der Waals surface area contributed by atoms with Crippen molar-refractivity contribution >= 4 is 18.3 Å². The summed E-state index contributed by atoms with van der Waals surface area (Å²) in [5, 5.41) is 0. The molecule has 7 rings (SSSR count). The van der Waals surface area contributed by atoms with Crippen LogP contribution in [-0.2, 0) is 67.7 Å². The largest absolute Gasteiger partial charge is 0.497 e. The maximum atomic E-state index is 14.0. The van der Waals surface area contributed by atoms with Crippen LogP contribution in [0, 0.1) is 0 Å². The highest BCUT2D eigenvalue weighted by atomic mass is 16.6. The summed E-state index contributed by atoms with van der Waals surface area (Å²) in [6, 6.07) is 32.6. The van der Waals surface area contributed by atoms with Gasteiger partial charge in [-0.25, -0.2) is 14.4 Å². The molecule has 24 nitrogen and oxygen atoms in total. The van der Waals surface area contributed by atoms with E-state index in [0.29, 0.717) is 85.7 Å². The number of hydrogen-bond acceptors (Lipinski definition) is 21. The van der Waals surface area contributed by atoms with Crippen molar-refractivity contribution in [2.24, 2.45) is 0 Å². The van der Waals surface area contributed by atoms with Crippen LogP contribution in [0.1, 0.15) is 95.7 Å². The Morgan fingerprint density at radius 3 is 0.606 bits per heavy atom. The fourth-order valence-electron chi connectivity index (χ4n) is 10.0. The number of benzene rings is 6. The Labute approximate surface area is 582 Å². The quantitative estimate of drug-likeness (QED) is 0.0729. The monoisotopic (exact) mass is 1380 g/mol. The maximum absolute atomic E-state index is 14.0. The number of carbonyl (C=O) groups excluding carboxylic acids is 3. The number of methoxy groups -OCH3 is 6. The van der Waals surface area contributed by atoms with Gasteiger partial charge in [-0.2, -0.15) is 0 Å². The molecule has 540 valence electrons. The minimum atomic E-state index is -0.791. The molecule has 0 atom stereocenters. The first-order valence-corrected chi connectivity index (χ1v) is 32.8. The van der Waals surface area contributed by atoms with E-state index < -0.39 is 35.1 Å². The first-order chi connectivity index (χ1) is 47.3. The van der Waals surface area contributed by atoms with Crippen molar-refractivity contribution < 1.29 is 99.6 Å². The second-order valence-corrected chi connectivity index (χ2v) is 26.0. The SMILES string of the molecule is COc1cc(CN(Cc2cc3cc(c2)OCCOCCOc2cc(CN(Cc4cc(OC)cc(OC)c4)C(=O)OC(C)(C)C)cc(c2)OCCOCCOc2cc(CN(Cc4cc(OC)cc(OC)c4)C(=O)OC(C)(C)C)cc(c2)OCCOCCO3)C(=O)OC(C)(C)C)cc(OC)c1. The zero-order valence-corrected chi connectivity index (χ0v) is 60.0. The van der Waals surface area contributed by atoms with Crippen molar-refractivity contribution in [1.82, 2.24) is 14.7 Å². The Balaban J connectivity index is 1.16. The molecule has 0 unspecified atom stereocenters. The van der Waals surface area contributed by atoms with Crippen molar-refractivity contribution in [2.45, 2.75) is 118 Å². The summed E-state index contributed by atoms with van der Waals surface area (Å²) in [6.07, 6.45) is -1.62. The van der Waals surface area contributed by atoms with Crippen molar-refractivity contribution in [1.29, 1.82) is 0 Å². The van der Waals surface area contributed by atoms with E-state index in [9.17, 15) is 14.4 Å². The molecular formula is C75H99N3O21. The zero-order valence-electron chi connectivity index (χ0n) is 60.0. The number of fused-ring (bicyclic) bond motifs is 6. The molecule has 1 aliphatic rings. The predicted molar refractivity (Wildman–Crippen MR) is 370 cm³/mol. The number of hydrogen-bond donors (Lipinski definition) is 0. The Morgan fingerprint density at radius 1 is 0.273 bits per heavy atom. The summed E-state index contributed by atoms with van der Waals surface area (Å²) in [4.78, 5) is 46.8. The van der Waals surface area contributed by atoms with Gasteiger partial charge in [-0.3, -0.25) is 14.7 Å². The molecule has 0 radical (unpaired) electrons. The van der Waals surface area contributed by atoms with Gasteiger partial charge in [0.1, 0.15) is 125 Å². The second-order valence-electron chi connectivity index (χ2n) is 26.0. The van der Waals surface area contributed by atoms with Crippen LogP contribution in [0.15, 0.2) is 109 Å². The number of carbonyl (C=O) groups is 3. The molecule has 0 saturated carbocycles. The summed E-state index contributed by atoms with van der Waals surface area (Å²) in [7, 11) is 9.40. The molecule has 0 aliphatic carbocycles. The summed E-state index contributed by atoms with van der Waals surface area (Å²) in [5.41, 5.74) is 1.93. The van der Waals surface area contributed by atoms with Gasteiger partial charge in [0, 0.05) is 75.7 Å². The van der Waals surface area contributed by atoms with E-state index in [1.54, 1.807) is 93.8 Å². The molecule has 0 saturated heterocycles. The van der Waals surface area contributed by atoms with E-state index in [1.165, 1.54) is 0 Å². The van der Waals surface area contributed by atoms with E-state index in [0.717, 1.165) is 16.7 Å². The molecular weight excluding hydrogens is 1280 g/mol. The molecule has 0 fully saturated rings. The van der Waals surface area contributed by atoms with Crippen LogP contribution >= 0.6 is 0 Å². The zero-order chi connectivity index (χ0) is 71.5. The average molecular weight is 1380 g/mol. The lowest BCUT2D eigenvalue weighted by Gasteiger charge is -2.28. The molecule has 1 aliphatic heterocycles. The van der Waals surface area contributed by atoms with Gasteiger partial charge in [0.25, 0.3) is 0 Å². The van der Waals surface area contributed by atoms with Crippen LogP contribution in [0.5, 0.6) is 69.0 Å². The predicted octanol–water partition coefficient (Wildman–Crippen LogP) is 13.3.